The number of H-pyrrole nitrogens is 1. The van der Waals surface area contributed by atoms with Gasteiger partial charge in [0.1, 0.15) is 18.1 Å². The predicted molar refractivity (Wildman–Crippen MR) is 111 cm³/mol. The summed E-state index contributed by atoms with van der Waals surface area (Å²) in [5, 5.41) is 7.77. The minimum Gasteiger partial charge on any atom is -0.368 e. The summed E-state index contributed by atoms with van der Waals surface area (Å²) in [4.78, 5) is 54.7. The molecule has 0 aromatic carbocycles. The van der Waals surface area contributed by atoms with Gasteiger partial charge in [-0.15, -0.1) is 0 Å². The van der Waals surface area contributed by atoms with Gasteiger partial charge in [0, 0.05) is 18.3 Å². The van der Waals surface area contributed by atoms with E-state index in [1.165, 1.54) is 18.1 Å². The fourth-order valence-electron chi connectivity index (χ4n) is 2.69. The molecule has 0 saturated heterocycles. The number of primary amides is 1. The van der Waals surface area contributed by atoms with Crippen molar-refractivity contribution in [2.24, 2.45) is 11.7 Å². The Balaban J connectivity index is 2.85. The molecule has 0 fully saturated rings. The molecule has 1 heterocycles. The Morgan fingerprint density at radius 1 is 1.21 bits per heavy atom. The zero-order valence-electron chi connectivity index (χ0n) is 16.9. The smallest absolute Gasteiger partial charge is 0.243 e. The number of nitrogens with one attached hydrogen (secondary N) is 4. The highest BCUT2D eigenvalue weighted by Gasteiger charge is 2.29. The number of carbonyl (C=O) groups is 4. The van der Waals surface area contributed by atoms with Crippen molar-refractivity contribution in [3.05, 3.63) is 18.2 Å². The second-order valence-corrected chi connectivity index (χ2v) is 8.04. The van der Waals surface area contributed by atoms with Gasteiger partial charge in [0.2, 0.25) is 24.1 Å². The number of aromatic amines is 1. The molecule has 0 unspecified atom stereocenters. The summed E-state index contributed by atoms with van der Waals surface area (Å²) in [5.74, 6) is -0.850. The summed E-state index contributed by atoms with van der Waals surface area (Å²) in [5.41, 5.74) is 6.05. The molecule has 0 radical (unpaired) electrons. The van der Waals surface area contributed by atoms with Crippen LogP contribution in [0.2, 0.25) is 0 Å². The molecule has 1 aromatic rings. The second kappa shape index (κ2) is 12.8. The first-order chi connectivity index (χ1) is 13.8. The van der Waals surface area contributed by atoms with Crippen molar-refractivity contribution in [1.29, 1.82) is 0 Å². The van der Waals surface area contributed by atoms with Crippen LogP contribution in [0.5, 0.6) is 0 Å². The Morgan fingerprint density at radius 3 is 2.38 bits per heavy atom. The molecule has 0 spiro atoms. The molecule has 0 aliphatic carbocycles. The molecule has 29 heavy (non-hydrogen) atoms. The Morgan fingerprint density at radius 2 is 1.86 bits per heavy atom. The molecular weight excluding hydrogens is 396 g/mol. The van der Waals surface area contributed by atoms with Crippen LogP contribution in [0.3, 0.4) is 0 Å². The van der Waals surface area contributed by atoms with Gasteiger partial charge >= 0.3 is 0 Å². The van der Waals surface area contributed by atoms with Crippen molar-refractivity contribution in [3.63, 3.8) is 0 Å². The van der Waals surface area contributed by atoms with Crippen LogP contribution < -0.4 is 21.7 Å². The highest BCUT2D eigenvalue weighted by Crippen LogP contribution is 2.08. The zero-order chi connectivity index (χ0) is 21.8. The van der Waals surface area contributed by atoms with Crippen molar-refractivity contribution < 1.29 is 19.2 Å². The van der Waals surface area contributed by atoms with E-state index < -0.39 is 35.8 Å². The molecule has 0 aliphatic rings. The number of nitrogens with zero attached hydrogens (tertiary/aromatic N) is 1. The van der Waals surface area contributed by atoms with Crippen molar-refractivity contribution >= 4 is 35.9 Å². The molecule has 0 saturated carbocycles. The number of amides is 4. The van der Waals surface area contributed by atoms with E-state index in [0.29, 0.717) is 30.7 Å². The van der Waals surface area contributed by atoms with E-state index >= 15 is 0 Å². The van der Waals surface area contributed by atoms with Crippen LogP contribution in [0.25, 0.3) is 0 Å². The van der Waals surface area contributed by atoms with Gasteiger partial charge in [-0.1, -0.05) is 13.8 Å². The van der Waals surface area contributed by atoms with E-state index in [9.17, 15) is 19.2 Å². The SMILES string of the molecule is CSCC[C@H](NC(=O)[C@H](CC(C)C)NC(=O)[C@H](Cc1cnc[nH]1)NC=O)C(N)=O. The second-order valence-electron chi connectivity index (χ2n) is 7.05. The number of rotatable bonds is 14. The summed E-state index contributed by atoms with van der Waals surface area (Å²) in [6.45, 7) is 3.83. The maximum absolute atomic E-state index is 12.7. The standard InChI is InChI=1S/C18H30N6O4S/c1-11(2)6-15(18(28)23-13(16(19)26)4-5-29-3)24-17(27)14(22-10-25)7-12-8-20-9-21-12/h8-11,13-15H,4-7H2,1-3H3,(H2,19,26)(H,20,21)(H,22,25)(H,23,28)(H,24,27)/t13-,14-,15-/m0/s1. The third-order valence-electron chi connectivity index (χ3n) is 4.18. The molecular formula is C18H30N6O4S. The summed E-state index contributed by atoms with van der Waals surface area (Å²) in [7, 11) is 0. The van der Waals surface area contributed by atoms with E-state index in [1.54, 1.807) is 6.20 Å². The third-order valence-corrected chi connectivity index (χ3v) is 4.82. The van der Waals surface area contributed by atoms with Crippen molar-refractivity contribution in [3.8, 4) is 0 Å². The first kappa shape index (κ1) is 24.5. The van der Waals surface area contributed by atoms with E-state index in [2.05, 4.69) is 25.9 Å². The average molecular weight is 427 g/mol. The lowest BCUT2D eigenvalue weighted by molar-refractivity contribution is -0.132. The predicted octanol–water partition coefficient (Wildman–Crippen LogP) is -0.679. The van der Waals surface area contributed by atoms with Gasteiger partial charge in [0.05, 0.1) is 6.33 Å². The van der Waals surface area contributed by atoms with Gasteiger partial charge < -0.3 is 26.7 Å². The molecule has 0 bridgehead atoms. The van der Waals surface area contributed by atoms with Crippen LogP contribution in [-0.2, 0) is 25.6 Å². The quantitative estimate of drug-likeness (QED) is 0.248. The Labute approximate surface area is 174 Å². The van der Waals surface area contributed by atoms with Crippen LogP contribution in [0.15, 0.2) is 12.5 Å². The molecule has 11 heteroatoms. The van der Waals surface area contributed by atoms with E-state index in [0.717, 1.165) is 0 Å². The highest BCUT2D eigenvalue weighted by molar-refractivity contribution is 7.98. The van der Waals surface area contributed by atoms with Crippen molar-refractivity contribution in [2.75, 3.05) is 12.0 Å². The minimum atomic E-state index is -0.876. The average Bonchev–Trinajstić information content (AvgIpc) is 3.16. The summed E-state index contributed by atoms with van der Waals surface area (Å²) < 4.78 is 0. The molecule has 1 rings (SSSR count). The van der Waals surface area contributed by atoms with Crippen LogP contribution >= 0.6 is 11.8 Å². The first-order valence-electron chi connectivity index (χ1n) is 9.34. The van der Waals surface area contributed by atoms with Gasteiger partial charge in [-0.05, 0) is 30.8 Å². The molecule has 6 N–H and O–H groups in total. The fourth-order valence-corrected chi connectivity index (χ4v) is 3.17. The molecule has 1 aromatic heterocycles. The number of carbonyl (C=O) groups excluding carboxylic acids is 4. The summed E-state index contributed by atoms with van der Waals surface area (Å²) in [6.07, 6.45) is 6.31. The molecule has 10 nitrogen and oxygen atoms in total. The topological polar surface area (TPSA) is 159 Å². The Bertz CT molecular complexity index is 667. The summed E-state index contributed by atoms with van der Waals surface area (Å²) in [6, 6.07) is -2.55. The number of imidazole rings is 1. The Hall–Kier alpha value is -2.56. The van der Waals surface area contributed by atoms with E-state index in [1.807, 2.05) is 20.1 Å². The molecule has 162 valence electrons. The van der Waals surface area contributed by atoms with Crippen LogP contribution in [-0.4, -0.2) is 64.2 Å². The van der Waals surface area contributed by atoms with Gasteiger partial charge in [0.15, 0.2) is 0 Å². The van der Waals surface area contributed by atoms with Gasteiger partial charge in [0.25, 0.3) is 0 Å². The van der Waals surface area contributed by atoms with Crippen LogP contribution in [0, 0.1) is 5.92 Å². The lowest BCUT2D eigenvalue weighted by Crippen LogP contribution is -2.56. The maximum Gasteiger partial charge on any atom is 0.243 e. The van der Waals surface area contributed by atoms with E-state index in [-0.39, 0.29) is 12.3 Å². The van der Waals surface area contributed by atoms with Gasteiger partial charge in [-0.25, -0.2) is 4.98 Å². The van der Waals surface area contributed by atoms with E-state index in [4.69, 9.17) is 5.73 Å². The Kier molecular flexibility index (Phi) is 10.8. The number of thioether (sulfide) groups is 1. The van der Waals surface area contributed by atoms with Gasteiger partial charge in [-0.2, -0.15) is 11.8 Å². The molecule has 3 atom stereocenters. The van der Waals surface area contributed by atoms with Crippen molar-refractivity contribution in [2.45, 2.75) is 51.2 Å². The van der Waals surface area contributed by atoms with Gasteiger partial charge in [-0.3, -0.25) is 19.2 Å². The monoisotopic (exact) mass is 426 g/mol. The molecule has 0 aliphatic heterocycles. The molecule has 4 amide bonds. The number of aromatic nitrogens is 2. The van der Waals surface area contributed by atoms with Crippen LogP contribution in [0.4, 0.5) is 0 Å². The van der Waals surface area contributed by atoms with Crippen molar-refractivity contribution in [1.82, 2.24) is 25.9 Å². The lowest BCUT2D eigenvalue weighted by Gasteiger charge is -2.25. The minimum absolute atomic E-state index is 0.106. The van der Waals surface area contributed by atoms with Crippen LogP contribution in [0.1, 0.15) is 32.4 Å². The largest absolute Gasteiger partial charge is 0.368 e. The number of hydrogen-bond donors (Lipinski definition) is 5. The maximum atomic E-state index is 12.7. The highest BCUT2D eigenvalue weighted by atomic mass is 32.2. The normalized spacial score (nSPS) is 13.9. The summed E-state index contributed by atoms with van der Waals surface area (Å²) >= 11 is 1.54. The fraction of sp³-hybridized carbons (Fsp3) is 0.611. The number of nitrogens with two attached hydrogens (primary N) is 1. The lowest BCUT2D eigenvalue weighted by atomic mass is 10.0. The number of hydrogen-bond acceptors (Lipinski definition) is 6. The first-order valence-corrected chi connectivity index (χ1v) is 10.7. The third kappa shape index (κ3) is 8.99. The zero-order valence-corrected chi connectivity index (χ0v) is 17.8.